The highest BCUT2D eigenvalue weighted by molar-refractivity contribution is 7.91. The Morgan fingerprint density at radius 1 is 1.09 bits per heavy atom. The van der Waals surface area contributed by atoms with Crippen molar-refractivity contribution < 1.29 is 46.6 Å². The molecule has 16 heteroatoms. The smallest absolute Gasteiger partial charge is 0.408 e. The first-order valence-corrected chi connectivity index (χ1v) is 21.3. The Morgan fingerprint density at radius 3 is 2.54 bits per heavy atom. The molecule has 0 bridgehead atoms. The van der Waals surface area contributed by atoms with Gasteiger partial charge in [0.05, 0.1) is 13.7 Å². The summed E-state index contributed by atoms with van der Waals surface area (Å²) in [6.07, 6.45) is 8.65. The Morgan fingerprint density at radius 2 is 1.84 bits per heavy atom. The van der Waals surface area contributed by atoms with Gasteiger partial charge in [-0.3, -0.25) is 19.3 Å². The van der Waals surface area contributed by atoms with E-state index in [1.54, 1.807) is 37.6 Å². The van der Waals surface area contributed by atoms with Gasteiger partial charge in [0, 0.05) is 42.8 Å². The van der Waals surface area contributed by atoms with E-state index in [1.807, 2.05) is 23.8 Å². The number of hydrogen-bond acceptors (Lipinski definition) is 9. The number of ether oxygens (including phenoxy) is 2. The number of hydrogen-bond donors (Lipinski definition) is 3. The van der Waals surface area contributed by atoms with E-state index in [0.29, 0.717) is 43.2 Å². The largest absolute Gasteiger partial charge is 0.497 e. The number of carboxylic acid groups (broad SMARTS) is 1. The van der Waals surface area contributed by atoms with Gasteiger partial charge in [0.15, 0.2) is 0 Å². The van der Waals surface area contributed by atoms with Crippen LogP contribution in [0.5, 0.6) is 11.6 Å². The minimum Gasteiger partial charge on any atom is -0.497 e. The minimum absolute atomic E-state index is 0.0239. The average Bonchev–Trinajstić information content (AvgIpc) is 4.05. The number of sulfonamides is 1. The van der Waals surface area contributed by atoms with Crippen molar-refractivity contribution in [3.05, 3.63) is 42.6 Å². The van der Waals surface area contributed by atoms with Crippen LogP contribution in [0.25, 0.3) is 10.8 Å². The molecule has 0 unspecified atom stereocenters. The molecule has 2 aliphatic heterocycles. The van der Waals surface area contributed by atoms with Gasteiger partial charge in [-0.1, -0.05) is 45.3 Å². The Hall–Kier alpha value is -4.47. The summed E-state index contributed by atoms with van der Waals surface area (Å²) in [6.45, 7) is 3.87. The zero-order valence-corrected chi connectivity index (χ0v) is 32.9. The number of nitrogens with one attached hydrogen (secondary N) is 2. The van der Waals surface area contributed by atoms with Crippen LogP contribution in [-0.2, 0) is 24.4 Å². The predicted molar refractivity (Wildman–Crippen MR) is 204 cm³/mol. The topological polar surface area (TPSA) is 185 Å². The zero-order valence-electron chi connectivity index (χ0n) is 32.1. The molecule has 1 aromatic heterocycles. The molecule has 4 fully saturated rings. The highest BCUT2D eigenvalue weighted by Gasteiger charge is 2.64. The summed E-state index contributed by atoms with van der Waals surface area (Å²) in [6, 6.07) is 4.51. The van der Waals surface area contributed by atoms with E-state index in [2.05, 4.69) is 17.2 Å². The second kappa shape index (κ2) is 15.5. The van der Waals surface area contributed by atoms with Crippen LogP contribution in [0.4, 0.5) is 9.18 Å². The number of carbonyl (C=O) groups is 4. The van der Waals surface area contributed by atoms with Gasteiger partial charge in [0.2, 0.25) is 22.7 Å². The van der Waals surface area contributed by atoms with E-state index in [0.717, 1.165) is 24.6 Å². The van der Waals surface area contributed by atoms with E-state index in [4.69, 9.17) is 9.47 Å². The molecule has 2 aromatic rings. The number of halogens is 1. The van der Waals surface area contributed by atoms with Gasteiger partial charge in [0.1, 0.15) is 29.5 Å². The highest BCUT2D eigenvalue weighted by atomic mass is 32.2. The number of alkyl halides is 1. The maximum atomic E-state index is 15.2. The molecule has 7 atom stereocenters. The van der Waals surface area contributed by atoms with Crippen molar-refractivity contribution in [3.8, 4) is 11.6 Å². The molecule has 3 saturated carbocycles. The van der Waals surface area contributed by atoms with E-state index in [1.165, 1.54) is 9.80 Å². The third-order valence-corrected chi connectivity index (χ3v) is 14.3. The van der Waals surface area contributed by atoms with Gasteiger partial charge in [-0.2, -0.15) is 0 Å². The second-order valence-corrected chi connectivity index (χ2v) is 18.5. The molecule has 56 heavy (non-hydrogen) atoms. The first-order chi connectivity index (χ1) is 26.7. The number of carbonyl (C=O) groups excluding carboxylic acids is 3. The zero-order chi connectivity index (χ0) is 40.0. The van der Waals surface area contributed by atoms with Gasteiger partial charge in [-0.15, -0.1) is 0 Å². The average molecular weight is 798 g/mol. The quantitative estimate of drug-likeness (QED) is 0.305. The normalized spacial score (nSPS) is 30.9. The summed E-state index contributed by atoms with van der Waals surface area (Å²) < 4.78 is 54.3. The fraction of sp³-hybridized carbons (Fsp3) is 0.625. The molecule has 3 N–H and O–H groups in total. The molecule has 1 aromatic carbocycles. The van der Waals surface area contributed by atoms with Crippen molar-refractivity contribution in [3.63, 3.8) is 0 Å². The summed E-state index contributed by atoms with van der Waals surface area (Å²) in [5.74, 6) is -2.28. The lowest BCUT2D eigenvalue weighted by atomic mass is 9.85. The standard InChI is InChI=1S/C40H52FN5O9S/c1-24-9-7-8-10-27-22-40(27,37(49)44-56(52,53)39(41)16-17-39)43-34(47)32-21-30(55-35-31-14-13-29(54-3)20-26(31)15-18-42-35)23-45(32)36(48)33(25(2)19-24)46(38(50)51)28-11-5-4-6-12-28/h8,10,13-15,18,20,24-25,27-28,30,32-33H,4-7,9,11-12,16-17,19,21-23H2,1-3H3,(H,43,47)(H,44,49)(H,50,51)/t24-,25-,27-,30-,32+,33+,40-/m1/s1. The van der Waals surface area contributed by atoms with Crippen LogP contribution in [0.15, 0.2) is 42.6 Å². The summed E-state index contributed by atoms with van der Waals surface area (Å²) >= 11 is 0. The Balaban J connectivity index is 1.26. The lowest BCUT2D eigenvalue weighted by Crippen LogP contribution is -2.61. The molecule has 3 aliphatic carbocycles. The SMILES string of the molecule is COc1ccc2c(O[C@@H]3C[C@H]4C(=O)N[C@]5(C(=O)NS(=O)(=O)C6(F)CC6)C[C@H]5C=CCC[C@@H](C)C[C@@H](C)[C@H](N(C(=O)O)C5CCCCC5)C(=O)N4C3)nccc2c1. The Bertz CT molecular complexity index is 2000. The van der Waals surface area contributed by atoms with E-state index >= 15 is 4.79 Å². The maximum absolute atomic E-state index is 15.2. The van der Waals surface area contributed by atoms with Crippen molar-refractivity contribution in [1.29, 1.82) is 0 Å². The van der Waals surface area contributed by atoms with Crippen LogP contribution in [0.2, 0.25) is 0 Å². The number of pyridine rings is 1. The van der Waals surface area contributed by atoms with Crippen LogP contribution >= 0.6 is 0 Å². The minimum atomic E-state index is -4.67. The molecule has 7 rings (SSSR count). The van der Waals surface area contributed by atoms with Gasteiger partial charge in [0.25, 0.3) is 15.9 Å². The highest BCUT2D eigenvalue weighted by Crippen LogP contribution is 2.48. The lowest BCUT2D eigenvalue weighted by Gasteiger charge is -2.42. The number of methoxy groups -OCH3 is 1. The van der Waals surface area contributed by atoms with Gasteiger partial charge in [-0.05, 0) is 80.0 Å². The number of aromatic nitrogens is 1. The van der Waals surface area contributed by atoms with Crippen LogP contribution in [0, 0.1) is 17.8 Å². The first kappa shape index (κ1) is 39.8. The van der Waals surface area contributed by atoms with Gasteiger partial charge < -0.3 is 24.8 Å². The van der Waals surface area contributed by atoms with Crippen molar-refractivity contribution in [2.75, 3.05) is 13.7 Å². The molecule has 0 radical (unpaired) electrons. The summed E-state index contributed by atoms with van der Waals surface area (Å²) in [5, 5.41) is 12.5. The predicted octanol–water partition coefficient (Wildman–Crippen LogP) is 5.07. The molecule has 304 valence electrons. The van der Waals surface area contributed by atoms with Crippen LogP contribution in [-0.4, -0.2) is 101 Å². The lowest BCUT2D eigenvalue weighted by molar-refractivity contribution is -0.145. The number of fused-ring (bicyclic) bond motifs is 3. The van der Waals surface area contributed by atoms with Crippen molar-refractivity contribution in [1.82, 2.24) is 24.8 Å². The van der Waals surface area contributed by atoms with Crippen LogP contribution in [0.3, 0.4) is 0 Å². The Kier molecular flexibility index (Phi) is 11.0. The second-order valence-electron chi connectivity index (χ2n) is 16.5. The number of amides is 4. The molecule has 4 amide bonds. The molecule has 0 spiro atoms. The monoisotopic (exact) mass is 797 g/mol. The number of allylic oxidation sites excluding steroid dienone is 1. The Labute approximate surface area is 326 Å². The van der Waals surface area contributed by atoms with E-state index < -0.39 is 74.4 Å². The maximum Gasteiger partial charge on any atom is 0.408 e. The molecular weight excluding hydrogens is 746 g/mol. The summed E-state index contributed by atoms with van der Waals surface area (Å²) in [7, 11) is -3.11. The third kappa shape index (κ3) is 7.77. The molecule has 3 heterocycles. The summed E-state index contributed by atoms with van der Waals surface area (Å²) in [4.78, 5) is 63.9. The molecule has 5 aliphatic rings. The van der Waals surface area contributed by atoms with Gasteiger partial charge in [-0.25, -0.2) is 27.3 Å². The first-order valence-electron chi connectivity index (χ1n) is 19.8. The fourth-order valence-corrected chi connectivity index (χ4v) is 10.3. The third-order valence-electron chi connectivity index (χ3n) is 12.4. The van der Waals surface area contributed by atoms with E-state index in [-0.39, 0.29) is 50.1 Å². The van der Waals surface area contributed by atoms with E-state index in [9.17, 15) is 32.3 Å². The van der Waals surface area contributed by atoms with Crippen LogP contribution < -0.4 is 19.5 Å². The molecular formula is C40H52FN5O9S. The van der Waals surface area contributed by atoms with Crippen molar-refractivity contribution in [2.45, 2.75) is 126 Å². The molecule has 14 nitrogen and oxygen atoms in total. The number of rotatable bonds is 8. The van der Waals surface area contributed by atoms with Gasteiger partial charge >= 0.3 is 6.09 Å². The fourth-order valence-electron chi connectivity index (χ4n) is 9.03. The van der Waals surface area contributed by atoms with Crippen LogP contribution in [0.1, 0.15) is 90.9 Å². The number of benzene rings is 1. The molecule has 1 saturated heterocycles. The van der Waals surface area contributed by atoms with Crippen molar-refractivity contribution in [2.24, 2.45) is 17.8 Å². The number of nitrogens with zero attached hydrogens (tertiary/aromatic N) is 3. The van der Waals surface area contributed by atoms with Crippen molar-refractivity contribution >= 4 is 44.6 Å². The summed E-state index contributed by atoms with van der Waals surface area (Å²) in [5.41, 5.74) is -1.70.